The van der Waals surface area contributed by atoms with E-state index >= 15 is 0 Å². The molecule has 0 saturated heterocycles. The van der Waals surface area contributed by atoms with Crippen molar-refractivity contribution in [1.29, 1.82) is 0 Å². The Hall–Kier alpha value is -11.6. The molecular formula is C88H92N6O13. The normalized spacial score (nSPS) is 15.8. The Bertz CT molecular complexity index is 4450. The van der Waals surface area contributed by atoms with Crippen molar-refractivity contribution >= 4 is 105 Å². The fourth-order valence-electron chi connectivity index (χ4n) is 14.6. The molecule has 0 bridgehead atoms. The molecule has 0 saturated carbocycles. The summed E-state index contributed by atoms with van der Waals surface area (Å²) in [5.74, 6) is -2.59. The summed E-state index contributed by atoms with van der Waals surface area (Å²) in [6.45, 7) is 40.0. The van der Waals surface area contributed by atoms with Crippen molar-refractivity contribution in [3.63, 3.8) is 0 Å². The van der Waals surface area contributed by atoms with Gasteiger partial charge in [-0.05, 0) is 202 Å². The van der Waals surface area contributed by atoms with E-state index in [-0.39, 0.29) is 105 Å². The Kier molecular flexibility index (Phi) is 21.9. The molecule has 0 aliphatic carbocycles. The zero-order valence-electron chi connectivity index (χ0n) is 64.6. The number of carbonyl (C=O) groups is 12. The molecule has 0 aromatic heterocycles. The highest BCUT2D eigenvalue weighted by molar-refractivity contribution is 6.32. The summed E-state index contributed by atoms with van der Waals surface area (Å²) >= 11 is 0. The first kappa shape index (κ1) is 78.0. The Balaban J connectivity index is 0.000000172. The SMILES string of the molecule is Cc1cc(Cc2cc(C)c(N3C(=O)C=CC3=O)c(C(C)(C)C)c2)cc(C(C)(C)C)c1N1C(=O)C=CC1=O.Cc1cc(Cc2cc(C)c(N3C(=O)C=CC3=O)c(C(C)C)c2)cc(C(C)C)c1N1C(=O)C=CC1=O.Cc1cc(Oc2cc(C)c(N3C(=O)C=CC3=O)c(C(C)C)c2)cc(C(C)C)c1N1C(=O)C=CC1=O. The molecule has 12 rings (SSSR count). The van der Waals surface area contributed by atoms with Crippen molar-refractivity contribution in [1.82, 2.24) is 0 Å². The van der Waals surface area contributed by atoms with Gasteiger partial charge in [0, 0.05) is 72.9 Å². The summed E-state index contributed by atoms with van der Waals surface area (Å²) in [6, 6.07) is 23.7. The number of hydrogen-bond donors (Lipinski definition) is 0. The summed E-state index contributed by atoms with van der Waals surface area (Å²) in [6.07, 6.45) is 16.8. The quantitative estimate of drug-likeness (QED) is 0.0821. The minimum absolute atomic E-state index is 0.0310. The molecule has 0 fully saturated rings. The Labute approximate surface area is 625 Å². The molecule has 6 heterocycles. The number of anilines is 6. The summed E-state index contributed by atoms with van der Waals surface area (Å²) < 4.78 is 6.26. The van der Waals surface area contributed by atoms with Gasteiger partial charge in [0.25, 0.3) is 70.9 Å². The summed E-state index contributed by atoms with van der Waals surface area (Å²) in [4.78, 5) is 156. The van der Waals surface area contributed by atoms with Crippen molar-refractivity contribution in [3.8, 4) is 11.5 Å². The average Bonchev–Trinajstić information content (AvgIpc) is 1.76. The first-order valence-electron chi connectivity index (χ1n) is 36.0. The van der Waals surface area contributed by atoms with E-state index in [1.54, 1.807) is 12.1 Å². The number of amides is 12. The third-order valence-corrected chi connectivity index (χ3v) is 19.5. The van der Waals surface area contributed by atoms with Crippen LogP contribution in [0.25, 0.3) is 0 Å². The van der Waals surface area contributed by atoms with Crippen LogP contribution in [0.3, 0.4) is 0 Å². The van der Waals surface area contributed by atoms with Crippen LogP contribution in [0.2, 0.25) is 0 Å². The molecule has 19 heteroatoms. The highest BCUT2D eigenvalue weighted by Crippen LogP contribution is 2.45. The predicted molar refractivity (Wildman–Crippen MR) is 416 cm³/mol. The maximum absolute atomic E-state index is 12.5. The van der Waals surface area contributed by atoms with E-state index in [1.165, 1.54) is 102 Å². The largest absolute Gasteiger partial charge is 0.457 e. The molecule has 12 amide bonds. The third-order valence-electron chi connectivity index (χ3n) is 19.5. The standard InChI is InChI=1S/C31H34N2O4.C29H30N2O4.C28H28N2O5/c1-18-13-20(16-22(30(3,4)5)28(18)32-24(34)9-10-25(32)35)15-21-14-19(2)29(23(17-21)31(6,7)8)33-26(36)11-12-27(33)37;1-16(2)22-14-20(11-18(5)28(22)30-24(32)7-8-25(30)33)13-21-12-19(6)29(23(15-21)17(3)4)31-26(34)9-10-27(31)35;1-15(2)21-13-19(11-17(5)27(21)29-23(31)7-8-24(29)32)35-20-12-18(6)28(22(14-20)16(3)4)30-25(33)9-10-26(30)34/h9-14,16-17H,15H2,1-8H3;7-12,14-17H,13H2,1-6H3;7-16H,1-6H3. The van der Waals surface area contributed by atoms with E-state index in [0.717, 1.165) is 89.0 Å². The lowest BCUT2D eigenvalue weighted by atomic mass is 9.80. The molecule has 6 aromatic carbocycles. The summed E-state index contributed by atoms with van der Waals surface area (Å²) in [5.41, 5.74) is 17.8. The number of carbonyl (C=O) groups excluding carboxylic acids is 12. The molecule has 0 radical (unpaired) electrons. The molecule has 6 aromatic rings. The first-order valence-corrected chi connectivity index (χ1v) is 36.0. The van der Waals surface area contributed by atoms with Crippen LogP contribution in [0.15, 0.2) is 146 Å². The number of benzene rings is 6. The second kappa shape index (κ2) is 30.1. The summed E-state index contributed by atoms with van der Waals surface area (Å²) in [5, 5.41) is 0. The van der Waals surface area contributed by atoms with Crippen LogP contribution in [-0.2, 0) is 81.2 Å². The van der Waals surface area contributed by atoms with Crippen molar-refractivity contribution in [2.24, 2.45) is 0 Å². The minimum atomic E-state index is -0.359. The Morgan fingerprint density at radius 1 is 0.252 bits per heavy atom. The second-order valence-electron chi connectivity index (χ2n) is 31.3. The van der Waals surface area contributed by atoms with Gasteiger partial charge in [0.2, 0.25) is 0 Å². The van der Waals surface area contributed by atoms with Gasteiger partial charge in [-0.1, -0.05) is 145 Å². The zero-order chi connectivity index (χ0) is 78.6. The molecule has 0 spiro atoms. The lowest BCUT2D eigenvalue weighted by molar-refractivity contribution is -0.121. The van der Waals surface area contributed by atoms with Gasteiger partial charge in [0.05, 0.1) is 34.1 Å². The van der Waals surface area contributed by atoms with E-state index in [4.69, 9.17) is 4.74 Å². The van der Waals surface area contributed by atoms with Gasteiger partial charge in [-0.25, -0.2) is 29.4 Å². The molecule has 6 aliphatic rings. The van der Waals surface area contributed by atoms with E-state index in [0.29, 0.717) is 58.5 Å². The van der Waals surface area contributed by atoms with E-state index < -0.39 is 0 Å². The van der Waals surface area contributed by atoms with Gasteiger partial charge in [-0.2, -0.15) is 0 Å². The molecule has 0 atom stereocenters. The number of imide groups is 6. The van der Waals surface area contributed by atoms with Gasteiger partial charge in [-0.15, -0.1) is 0 Å². The Morgan fingerprint density at radius 2 is 0.430 bits per heavy atom. The van der Waals surface area contributed by atoms with E-state index in [9.17, 15) is 57.5 Å². The van der Waals surface area contributed by atoms with Gasteiger partial charge < -0.3 is 4.74 Å². The fraction of sp³-hybridized carbons (Fsp3) is 0.318. The molecule has 0 N–H and O–H groups in total. The third kappa shape index (κ3) is 15.7. The average molecular weight is 1440 g/mol. The van der Waals surface area contributed by atoms with Crippen LogP contribution < -0.4 is 34.1 Å². The van der Waals surface area contributed by atoms with Crippen LogP contribution >= 0.6 is 0 Å². The smallest absolute Gasteiger partial charge is 0.258 e. The number of nitrogens with zero attached hydrogens (tertiary/aromatic N) is 6. The van der Waals surface area contributed by atoms with Crippen molar-refractivity contribution < 1.29 is 62.3 Å². The maximum Gasteiger partial charge on any atom is 0.258 e. The molecular weight excluding hydrogens is 1350 g/mol. The van der Waals surface area contributed by atoms with E-state index in [1.807, 2.05) is 106 Å². The topological polar surface area (TPSA) is 234 Å². The fourth-order valence-corrected chi connectivity index (χ4v) is 14.6. The predicted octanol–water partition coefficient (Wildman–Crippen LogP) is 15.5. The van der Waals surface area contributed by atoms with Crippen molar-refractivity contribution in [3.05, 3.63) is 235 Å². The lowest BCUT2D eigenvalue weighted by Gasteiger charge is -2.30. The van der Waals surface area contributed by atoms with Crippen LogP contribution in [0.1, 0.15) is 210 Å². The number of rotatable bonds is 16. The molecule has 19 nitrogen and oxygen atoms in total. The van der Waals surface area contributed by atoms with Crippen LogP contribution in [0.4, 0.5) is 34.1 Å². The lowest BCUT2D eigenvalue weighted by Crippen LogP contribution is -2.33. The molecule has 552 valence electrons. The molecule has 6 aliphatic heterocycles. The van der Waals surface area contributed by atoms with Gasteiger partial charge in [0.15, 0.2) is 0 Å². The van der Waals surface area contributed by atoms with Gasteiger partial charge in [0.1, 0.15) is 11.5 Å². The van der Waals surface area contributed by atoms with Crippen molar-refractivity contribution in [2.75, 3.05) is 29.4 Å². The summed E-state index contributed by atoms with van der Waals surface area (Å²) in [7, 11) is 0. The molecule has 0 unspecified atom stereocenters. The van der Waals surface area contributed by atoms with E-state index in [2.05, 4.69) is 93.5 Å². The first-order chi connectivity index (χ1) is 50.1. The highest BCUT2D eigenvalue weighted by atomic mass is 16.5. The van der Waals surface area contributed by atoms with Gasteiger partial charge >= 0.3 is 0 Å². The maximum atomic E-state index is 12.5. The Morgan fingerprint density at radius 3 is 0.636 bits per heavy atom. The monoisotopic (exact) mass is 1440 g/mol. The zero-order valence-corrected chi connectivity index (χ0v) is 64.6. The minimum Gasteiger partial charge on any atom is -0.457 e. The number of hydrogen-bond acceptors (Lipinski definition) is 13. The van der Waals surface area contributed by atoms with Crippen LogP contribution in [-0.4, -0.2) is 70.9 Å². The number of ether oxygens (including phenoxy) is 1. The van der Waals surface area contributed by atoms with Gasteiger partial charge in [-0.3, -0.25) is 57.5 Å². The van der Waals surface area contributed by atoms with Crippen LogP contribution in [0, 0.1) is 41.5 Å². The van der Waals surface area contributed by atoms with Crippen molar-refractivity contribution in [2.45, 2.75) is 186 Å². The number of aryl methyl sites for hydroxylation is 6. The molecule has 107 heavy (non-hydrogen) atoms. The van der Waals surface area contributed by atoms with Crippen LogP contribution in [0.5, 0.6) is 11.5 Å². The second-order valence-corrected chi connectivity index (χ2v) is 31.3. The highest BCUT2D eigenvalue weighted by Gasteiger charge is 2.38.